The van der Waals surface area contributed by atoms with Crippen molar-refractivity contribution < 1.29 is 15.1 Å². The highest BCUT2D eigenvalue weighted by Gasteiger charge is 2.17. The first-order valence-corrected chi connectivity index (χ1v) is 6.10. The molecule has 1 atom stereocenters. The minimum atomic E-state index is -0.929. The van der Waals surface area contributed by atoms with E-state index in [2.05, 4.69) is 10.3 Å². The van der Waals surface area contributed by atoms with Crippen LogP contribution in [-0.4, -0.2) is 39.4 Å². The van der Waals surface area contributed by atoms with Crippen LogP contribution in [0.5, 0.6) is 0 Å². The zero-order valence-corrected chi connectivity index (χ0v) is 12.1. The number of nitro groups is 1. The highest BCUT2D eigenvalue weighted by molar-refractivity contribution is 6.00. The molecule has 1 heterocycles. The number of benzene rings is 1. The molecule has 3 N–H and O–H groups in total. The second-order valence-electron chi connectivity index (χ2n) is 4.46. The third-order valence-electron chi connectivity index (χ3n) is 3.01. The van der Waals surface area contributed by atoms with Gasteiger partial charge in [0.15, 0.2) is 0 Å². The van der Waals surface area contributed by atoms with Gasteiger partial charge in [0.05, 0.1) is 28.8 Å². The van der Waals surface area contributed by atoms with E-state index in [4.69, 9.17) is 5.11 Å². The summed E-state index contributed by atoms with van der Waals surface area (Å²) in [7, 11) is 0. The summed E-state index contributed by atoms with van der Waals surface area (Å²) in [5.41, 5.74) is 1.84. The number of pyridine rings is 1. The number of aliphatic hydroxyl groups is 2. The molecular formula is C13H16ClN3O4. The van der Waals surface area contributed by atoms with Crippen LogP contribution >= 0.6 is 12.4 Å². The SMILES string of the molecule is Cc1ccc([N+](=O)[O-])c2c(NCC(O)CO)ccnc12.Cl. The van der Waals surface area contributed by atoms with Crippen molar-refractivity contribution in [1.82, 2.24) is 4.98 Å². The third kappa shape index (κ3) is 3.57. The Hall–Kier alpha value is -1.96. The van der Waals surface area contributed by atoms with Crippen LogP contribution in [0.25, 0.3) is 10.9 Å². The van der Waals surface area contributed by atoms with Crippen molar-refractivity contribution in [2.75, 3.05) is 18.5 Å². The number of nitro benzene ring substituents is 1. The second kappa shape index (κ2) is 7.16. The van der Waals surface area contributed by atoms with Crippen molar-refractivity contribution in [2.24, 2.45) is 0 Å². The van der Waals surface area contributed by atoms with E-state index in [0.717, 1.165) is 5.56 Å². The van der Waals surface area contributed by atoms with E-state index < -0.39 is 11.0 Å². The molecule has 0 spiro atoms. The minimum Gasteiger partial charge on any atom is -0.394 e. The molecule has 0 aliphatic rings. The Morgan fingerprint density at radius 1 is 1.43 bits per heavy atom. The van der Waals surface area contributed by atoms with Crippen LogP contribution in [0.15, 0.2) is 24.4 Å². The van der Waals surface area contributed by atoms with Crippen molar-refractivity contribution in [3.8, 4) is 0 Å². The molecule has 0 fully saturated rings. The van der Waals surface area contributed by atoms with Gasteiger partial charge in [0.25, 0.3) is 5.69 Å². The van der Waals surface area contributed by atoms with E-state index in [0.29, 0.717) is 16.6 Å². The van der Waals surface area contributed by atoms with Crippen LogP contribution in [0.1, 0.15) is 5.56 Å². The number of halogens is 1. The fourth-order valence-electron chi connectivity index (χ4n) is 1.98. The Balaban J connectivity index is 0.00000220. The zero-order valence-electron chi connectivity index (χ0n) is 11.3. The fourth-order valence-corrected chi connectivity index (χ4v) is 1.98. The van der Waals surface area contributed by atoms with Gasteiger partial charge in [-0.1, -0.05) is 6.07 Å². The molecule has 2 aromatic rings. The number of fused-ring (bicyclic) bond motifs is 1. The summed E-state index contributed by atoms with van der Waals surface area (Å²) in [6, 6.07) is 4.70. The molecule has 7 nitrogen and oxygen atoms in total. The smallest absolute Gasteiger partial charge is 0.280 e. The molecule has 1 unspecified atom stereocenters. The van der Waals surface area contributed by atoms with E-state index >= 15 is 0 Å². The van der Waals surface area contributed by atoms with Crippen molar-refractivity contribution in [2.45, 2.75) is 13.0 Å². The Labute approximate surface area is 127 Å². The molecule has 114 valence electrons. The Bertz CT molecular complexity index is 651. The molecule has 0 bridgehead atoms. The number of aryl methyl sites for hydroxylation is 1. The zero-order chi connectivity index (χ0) is 14.7. The van der Waals surface area contributed by atoms with Crippen LogP contribution in [0.4, 0.5) is 11.4 Å². The van der Waals surface area contributed by atoms with Gasteiger partial charge in [-0.25, -0.2) is 0 Å². The van der Waals surface area contributed by atoms with Crippen molar-refractivity contribution in [3.05, 3.63) is 40.1 Å². The Kier molecular flexibility index (Phi) is 5.83. The fraction of sp³-hybridized carbons (Fsp3) is 0.308. The molecule has 0 aliphatic carbocycles. The summed E-state index contributed by atoms with van der Waals surface area (Å²) in [6.45, 7) is 1.54. The van der Waals surface area contributed by atoms with E-state index in [9.17, 15) is 15.2 Å². The van der Waals surface area contributed by atoms with Crippen molar-refractivity contribution in [1.29, 1.82) is 0 Å². The minimum absolute atomic E-state index is 0. The molecule has 1 aromatic heterocycles. The molecule has 0 radical (unpaired) electrons. The number of aromatic nitrogens is 1. The Morgan fingerprint density at radius 3 is 2.76 bits per heavy atom. The Morgan fingerprint density at radius 2 is 2.14 bits per heavy atom. The first-order valence-electron chi connectivity index (χ1n) is 6.10. The molecule has 8 heteroatoms. The number of non-ortho nitro benzene ring substituents is 1. The van der Waals surface area contributed by atoms with Crippen LogP contribution in [0.2, 0.25) is 0 Å². The van der Waals surface area contributed by atoms with Crippen LogP contribution in [-0.2, 0) is 0 Å². The maximum Gasteiger partial charge on any atom is 0.280 e. The lowest BCUT2D eigenvalue weighted by atomic mass is 10.1. The number of nitrogens with zero attached hydrogens (tertiary/aromatic N) is 2. The number of nitrogens with one attached hydrogen (secondary N) is 1. The molecule has 2 rings (SSSR count). The average Bonchev–Trinajstić information content (AvgIpc) is 2.44. The number of anilines is 1. The summed E-state index contributed by atoms with van der Waals surface area (Å²) in [5, 5.41) is 32.6. The van der Waals surface area contributed by atoms with Gasteiger partial charge in [-0.05, 0) is 18.6 Å². The van der Waals surface area contributed by atoms with Gasteiger partial charge >= 0.3 is 0 Å². The van der Waals surface area contributed by atoms with Crippen LogP contribution in [0.3, 0.4) is 0 Å². The first kappa shape index (κ1) is 17.1. The predicted octanol–water partition coefficient (Wildman–Crippen LogP) is 1.64. The summed E-state index contributed by atoms with van der Waals surface area (Å²) >= 11 is 0. The van der Waals surface area contributed by atoms with Crippen molar-refractivity contribution in [3.63, 3.8) is 0 Å². The highest BCUT2D eigenvalue weighted by atomic mass is 35.5. The molecule has 0 amide bonds. The lowest BCUT2D eigenvalue weighted by Gasteiger charge is -2.13. The van der Waals surface area contributed by atoms with E-state index in [1.54, 1.807) is 18.3 Å². The maximum atomic E-state index is 11.1. The summed E-state index contributed by atoms with van der Waals surface area (Å²) < 4.78 is 0. The standard InChI is InChI=1S/C13H15N3O4.ClH/c1-8-2-3-11(16(19)20)12-10(4-5-14-13(8)12)15-6-9(18)7-17;/h2-5,9,17-18H,6-7H2,1H3,(H,14,15);1H. The second-order valence-corrected chi connectivity index (χ2v) is 4.46. The number of aliphatic hydroxyl groups excluding tert-OH is 2. The normalized spacial score (nSPS) is 11.8. The lowest BCUT2D eigenvalue weighted by Crippen LogP contribution is -2.23. The monoisotopic (exact) mass is 313 g/mol. The molecule has 21 heavy (non-hydrogen) atoms. The molecule has 0 saturated carbocycles. The summed E-state index contributed by atoms with van der Waals surface area (Å²) in [4.78, 5) is 14.8. The molecule has 0 saturated heterocycles. The topological polar surface area (TPSA) is 109 Å². The van der Waals surface area contributed by atoms with Gasteiger partial charge in [0, 0.05) is 18.8 Å². The van der Waals surface area contributed by atoms with Gasteiger partial charge in [-0.15, -0.1) is 12.4 Å². The van der Waals surface area contributed by atoms with E-state index in [1.165, 1.54) is 6.07 Å². The van der Waals surface area contributed by atoms with Gasteiger partial charge in [0.2, 0.25) is 0 Å². The number of rotatable bonds is 5. The number of hydrogen-bond acceptors (Lipinski definition) is 6. The molecule has 1 aromatic carbocycles. The maximum absolute atomic E-state index is 11.1. The molecular weight excluding hydrogens is 298 g/mol. The predicted molar refractivity (Wildman–Crippen MR) is 82.0 cm³/mol. The third-order valence-corrected chi connectivity index (χ3v) is 3.01. The first-order chi connectivity index (χ1) is 9.54. The molecule has 0 aliphatic heterocycles. The summed E-state index contributed by atoms with van der Waals surface area (Å²) in [5.74, 6) is 0. The van der Waals surface area contributed by atoms with E-state index in [1.807, 2.05) is 6.92 Å². The summed E-state index contributed by atoms with van der Waals surface area (Å²) in [6.07, 6.45) is 0.620. The van der Waals surface area contributed by atoms with Gasteiger partial charge in [-0.3, -0.25) is 15.1 Å². The van der Waals surface area contributed by atoms with Gasteiger partial charge < -0.3 is 15.5 Å². The van der Waals surface area contributed by atoms with E-state index in [-0.39, 0.29) is 31.2 Å². The van der Waals surface area contributed by atoms with Crippen molar-refractivity contribution >= 4 is 34.7 Å². The quantitative estimate of drug-likeness (QED) is 0.572. The largest absolute Gasteiger partial charge is 0.394 e. The van der Waals surface area contributed by atoms with Crippen LogP contribution < -0.4 is 5.32 Å². The highest BCUT2D eigenvalue weighted by Crippen LogP contribution is 2.32. The van der Waals surface area contributed by atoms with Gasteiger partial charge in [-0.2, -0.15) is 0 Å². The van der Waals surface area contributed by atoms with Gasteiger partial charge in [0.1, 0.15) is 5.39 Å². The average molecular weight is 314 g/mol. The lowest BCUT2D eigenvalue weighted by molar-refractivity contribution is -0.383. The van der Waals surface area contributed by atoms with Crippen LogP contribution in [0, 0.1) is 17.0 Å². The number of hydrogen-bond donors (Lipinski definition) is 3.